The first-order valence-electron chi connectivity index (χ1n) is 14.6. The summed E-state index contributed by atoms with van der Waals surface area (Å²) in [5.74, 6) is 0.193. The summed E-state index contributed by atoms with van der Waals surface area (Å²) in [7, 11) is 3.97. The van der Waals surface area contributed by atoms with E-state index in [1.807, 2.05) is 19.0 Å². The fraction of sp³-hybridized carbons (Fsp3) is 0.500. The zero-order valence-electron chi connectivity index (χ0n) is 24.2. The number of carbonyl (C=O) groups is 1. The van der Waals surface area contributed by atoms with Gasteiger partial charge < -0.3 is 24.3 Å². The summed E-state index contributed by atoms with van der Waals surface area (Å²) in [4.78, 5) is 25.9. The third-order valence-corrected chi connectivity index (χ3v) is 8.48. The van der Waals surface area contributed by atoms with Crippen molar-refractivity contribution in [3.05, 3.63) is 58.8 Å². The van der Waals surface area contributed by atoms with Crippen LogP contribution in [0.15, 0.2) is 30.9 Å². The van der Waals surface area contributed by atoms with Gasteiger partial charge in [-0.3, -0.25) is 4.79 Å². The summed E-state index contributed by atoms with van der Waals surface area (Å²) in [6.45, 7) is 7.71. The number of nitriles is 2. The normalized spacial score (nSPS) is 18.3. The molecule has 214 valence electrons. The molecule has 41 heavy (non-hydrogen) atoms. The maximum Gasteiger partial charge on any atom is 0.246 e. The van der Waals surface area contributed by atoms with Gasteiger partial charge in [-0.1, -0.05) is 18.7 Å². The molecule has 1 fully saturated rings. The van der Waals surface area contributed by atoms with Crippen molar-refractivity contribution in [1.29, 1.82) is 10.5 Å². The lowest BCUT2D eigenvalue weighted by molar-refractivity contribution is -0.128. The minimum absolute atomic E-state index is 0.170. The summed E-state index contributed by atoms with van der Waals surface area (Å²) in [6.07, 6.45) is 6.97. The Hall–Kier alpha value is -4.08. The van der Waals surface area contributed by atoms with E-state index in [1.165, 1.54) is 35.7 Å². The van der Waals surface area contributed by atoms with Gasteiger partial charge in [-0.15, -0.1) is 0 Å². The summed E-state index contributed by atoms with van der Waals surface area (Å²) < 4.78 is 6.17. The van der Waals surface area contributed by atoms with Gasteiger partial charge in [-0.05, 0) is 69.5 Å². The Labute approximate surface area is 243 Å². The maximum absolute atomic E-state index is 12.5. The van der Waals surface area contributed by atoms with E-state index in [-0.39, 0.29) is 18.4 Å². The quantitative estimate of drug-likeness (QED) is 0.459. The second-order valence-electron chi connectivity index (χ2n) is 11.3. The number of pyridine rings is 1. The Balaban J connectivity index is 1.53. The number of hydrogen-bond acceptors (Lipinski definition) is 8. The second kappa shape index (κ2) is 12.6. The van der Waals surface area contributed by atoms with Gasteiger partial charge in [-0.25, -0.2) is 4.98 Å². The molecule has 0 unspecified atom stereocenters. The highest BCUT2D eigenvalue weighted by molar-refractivity contribution is 5.87. The molecule has 3 aliphatic rings. The van der Waals surface area contributed by atoms with Crippen LogP contribution >= 0.6 is 0 Å². The van der Waals surface area contributed by atoms with E-state index in [2.05, 4.69) is 46.7 Å². The number of ether oxygens (including phenoxy) is 1. The van der Waals surface area contributed by atoms with Crippen molar-refractivity contribution in [3.63, 3.8) is 0 Å². The molecule has 1 aromatic carbocycles. The van der Waals surface area contributed by atoms with Crippen LogP contribution in [0.2, 0.25) is 0 Å². The maximum atomic E-state index is 12.5. The lowest BCUT2D eigenvalue weighted by atomic mass is 9.89. The first kappa shape index (κ1) is 28.4. The largest absolute Gasteiger partial charge is 0.475 e. The lowest BCUT2D eigenvalue weighted by Gasteiger charge is -2.43. The zero-order chi connectivity index (χ0) is 28.9. The number of nitrogens with zero attached hydrogens (tertiary/aromatic N) is 7. The predicted molar refractivity (Wildman–Crippen MR) is 159 cm³/mol. The van der Waals surface area contributed by atoms with Gasteiger partial charge in [0.15, 0.2) is 0 Å². The third kappa shape index (κ3) is 5.87. The number of rotatable bonds is 8. The van der Waals surface area contributed by atoms with Crippen LogP contribution in [-0.2, 0) is 30.6 Å². The van der Waals surface area contributed by atoms with E-state index in [0.29, 0.717) is 50.8 Å². The SMILES string of the molecule is C=CC(=O)N1CCN(c2c(C#N)c(OCCN(C)C)nc3c2CCN(c2cccc4c2CCCC4)C3)C[C@@H]1CC#N. The van der Waals surface area contributed by atoms with Gasteiger partial charge in [0.1, 0.15) is 18.2 Å². The molecule has 9 heteroatoms. The molecule has 0 spiro atoms. The van der Waals surface area contributed by atoms with Crippen LogP contribution in [0.4, 0.5) is 11.4 Å². The fourth-order valence-corrected chi connectivity index (χ4v) is 6.42. The molecule has 3 heterocycles. The number of aromatic nitrogens is 1. The number of carbonyl (C=O) groups excluding carboxylic acids is 1. The van der Waals surface area contributed by atoms with Gasteiger partial charge in [0.05, 0.1) is 36.5 Å². The van der Waals surface area contributed by atoms with Crippen molar-refractivity contribution in [2.45, 2.75) is 51.1 Å². The van der Waals surface area contributed by atoms with E-state index in [4.69, 9.17) is 9.72 Å². The number of likely N-dealkylation sites (N-methyl/N-ethyl adjacent to an activating group) is 1. The highest BCUT2D eigenvalue weighted by Gasteiger charge is 2.35. The summed E-state index contributed by atoms with van der Waals surface area (Å²) >= 11 is 0. The van der Waals surface area contributed by atoms with Crippen molar-refractivity contribution in [3.8, 4) is 18.0 Å². The number of amides is 1. The van der Waals surface area contributed by atoms with Crippen molar-refractivity contribution in [1.82, 2.24) is 14.8 Å². The van der Waals surface area contributed by atoms with E-state index in [0.717, 1.165) is 42.8 Å². The molecule has 0 bridgehead atoms. The number of fused-ring (bicyclic) bond motifs is 2. The predicted octanol–water partition coefficient (Wildman–Crippen LogP) is 3.45. The first-order valence-corrected chi connectivity index (χ1v) is 14.6. The van der Waals surface area contributed by atoms with E-state index in [9.17, 15) is 15.3 Å². The number of anilines is 2. The summed E-state index contributed by atoms with van der Waals surface area (Å²) in [6, 6.07) is 11.0. The van der Waals surface area contributed by atoms with Crippen LogP contribution in [0.3, 0.4) is 0 Å². The Kier molecular flexibility index (Phi) is 8.75. The monoisotopic (exact) mass is 553 g/mol. The van der Waals surface area contributed by atoms with Gasteiger partial charge in [0.2, 0.25) is 11.8 Å². The molecule has 9 nitrogen and oxygen atoms in total. The van der Waals surface area contributed by atoms with Crippen LogP contribution in [0.1, 0.15) is 47.2 Å². The van der Waals surface area contributed by atoms with Crippen molar-refractivity contribution < 1.29 is 9.53 Å². The standard InChI is InChI=1S/C32H39N7O2/c1-4-30(40)39-17-16-38(21-24(39)12-14-33)31-26-13-15-37(29-11-7-9-23-8-5-6-10-25(23)29)22-28(26)35-32(27(31)20-34)41-19-18-36(2)3/h4,7,9,11,24H,1,5-6,8,10,12-13,15-19,21-22H2,2-3H3/t24-/m0/s1. The molecule has 1 aromatic heterocycles. The highest BCUT2D eigenvalue weighted by atomic mass is 16.5. The molecule has 1 aliphatic carbocycles. The minimum atomic E-state index is -0.288. The Morgan fingerprint density at radius 1 is 1.15 bits per heavy atom. The van der Waals surface area contributed by atoms with Crippen LogP contribution in [0.25, 0.3) is 0 Å². The zero-order valence-corrected chi connectivity index (χ0v) is 24.2. The third-order valence-electron chi connectivity index (χ3n) is 8.48. The number of benzene rings is 1. The van der Waals surface area contributed by atoms with E-state index < -0.39 is 0 Å². The Morgan fingerprint density at radius 2 is 1.98 bits per heavy atom. The molecule has 2 aromatic rings. The van der Waals surface area contributed by atoms with Crippen LogP contribution in [0.5, 0.6) is 5.88 Å². The number of aryl methyl sites for hydroxylation is 1. The smallest absolute Gasteiger partial charge is 0.246 e. The van der Waals surface area contributed by atoms with E-state index in [1.54, 1.807) is 4.90 Å². The average Bonchev–Trinajstić information content (AvgIpc) is 2.99. The fourth-order valence-electron chi connectivity index (χ4n) is 6.42. The molecule has 0 N–H and O–H groups in total. The Bertz CT molecular complexity index is 1390. The molecule has 5 rings (SSSR count). The van der Waals surface area contributed by atoms with Crippen LogP contribution in [0, 0.1) is 22.7 Å². The Morgan fingerprint density at radius 3 is 2.73 bits per heavy atom. The van der Waals surface area contributed by atoms with Crippen LogP contribution in [-0.4, -0.2) is 80.2 Å². The van der Waals surface area contributed by atoms with Gasteiger partial charge in [0.25, 0.3) is 0 Å². The molecule has 2 aliphatic heterocycles. The summed E-state index contributed by atoms with van der Waals surface area (Å²) in [5.41, 5.74) is 7.49. The second-order valence-corrected chi connectivity index (χ2v) is 11.3. The molecular formula is C32H39N7O2. The van der Waals surface area contributed by atoms with Crippen molar-refractivity contribution in [2.24, 2.45) is 0 Å². The van der Waals surface area contributed by atoms with Crippen molar-refractivity contribution in [2.75, 3.05) is 63.2 Å². The van der Waals surface area contributed by atoms with Crippen molar-refractivity contribution >= 4 is 17.3 Å². The van der Waals surface area contributed by atoms with E-state index >= 15 is 0 Å². The summed E-state index contributed by atoms with van der Waals surface area (Å²) in [5, 5.41) is 19.9. The van der Waals surface area contributed by atoms with Gasteiger partial charge in [0, 0.05) is 44.0 Å². The average molecular weight is 554 g/mol. The first-order chi connectivity index (χ1) is 19.9. The van der Waals surface area contributed by atoms with Gasteiger partial charge in [-0.2, -0.15) is 10.5 Å². The number of piperazine rings is 1. The molecule has 1 amide bonds. The molecular weight excluding hydrogens is 514 g/mol. The molecule has 1 saturated heterocycles. The molecule has 1 atom stereocenters. The minimum Gasteiger partial charge on any atom is -0.475 e. The lowest BCUT2D eigenvalue weighted by Crippen LogP contribution is -2.55. The molecule has 0 saturated carbocycles. The highest BCUT2D eigenvalue weighted by Crippen LogP contribution is 2.40. The molecule has 0 radical (unpaired) electrons. The van der Waals surface area contributed by atoms with Gasteiger partial charge >= 0.3 is 0 Å². The topological polar surface area (TPSA) is 99.7 Å². The van der Waals surface area contributed by atoms with Crippen LogP contribution < -0.4 is 14.5 Å². The number of hydrogen-bond donors (Lipinski definition) is 0.